The van der Waals surface area contributed by atoms with Gasteiger partial charge in [0.1, 0.15) is 17.1 Å². The Hall–Kier alpha value is -5.84. The largest absolute Gasteiger partial charge is 0.461 e. The average Bonchev–Trinajstić information content (AvgIpc) is 3.71. The molecule has 3 heterocycles. The number of carbonyl (C=O) groups excluding carboxylic acids is 4. The first-order valence-electron chi connectivity index (χ1n) is 13.7. The van der Waals surface area contributed by atoms with E-state index in [0.717, 1.165) is 10.8 Å². The molecule has 0 radical (unpaired) electrons. The zero-order valence-electron chi connectivity index (χ0n) is 23.3. The second-order valence-corrected chi connectivity index (χ2v) is 9.66. The van der Waals surface area contributed by atoms with Gasteiger partial charge in [-0.2, -0.15) is 0 Å². The van der Waals surface area contributed by atoms with Gasteiger partial charge in [0, 0.05) is 27.2 Å². The SMILES string of the molecule is CCOC(=O)c1cc2ccccc2n1NC(=O)c1ccc2[nH]c(C(=O)Nn3c(C(=O)OCC)cc4ccccc43)cc2c1. The van der Waals surface area contributed by atoms with Crippen molar-refractivity contribution in [3.05, 3.63) is 108 Å². The number of esters is 2. The Morgan fingerprint density at radius 3 is 1.74 bits per heavy atom. The molecule has 6 aromatic rings. The molecule has 0 saturated carbocycles. The Morgan fingerprint density at radius 1 is 0.651 bits per heavy atom. The molecule has 2 amide bonds. The van der Waals surface area contributed by atoms with E-state index < -0.39 is 23.8 Å². The van der Waals surface area contributed by atoms with Gasteiger partial charge in [0.2, 0.25) is 0 Å². The van der Waals surface area contributed by atoms with Gasteiger partial charge in [-0.1, -0.05) is 36.4 Å². The monoisotopic (exact) mass is 577 g/mol. The number of amides is 2. The highest BCUT2D eigenvalue weighted by atomic mass is 16.5. The van der Waals surface area contributed by atoms with Gasteiger partial charge in [-0.3, -0.25) is 20.4 Å². The van der Waals surface area contributed by atoms with Crippen LogP contribution < -0.4 is 10.9 Å². The molecule has 0 spiro atoms. The van der Waals surface area contributed by atoms with Crippen LogP contribution in [-0.4, -0.2) is 51.3 Å². The van der Waals surface area contributed by atoms with Crippen molar-refractivity contribution in [2.45, 2.75) is 13.8 Å². The van der Waals surface area contributed by atoms with Crippen LogP contribution in [0.2, 0.25) is 0 Å². The predicted octanol–water partition coefficient (Wildman–Crippen LogP) is 5.20. The molecule has 0 aliphatic heterocycles. The van der Waals surface area contributed by atoms with Gasteiger partial charge in [0.15, 0.2) is 0 Å². The summed E-state index contributed by atoms with van der Waals surface area (Å²) in [6.45, 7) is 3.81. The lowest BCUT2D eigenvalue weighted by molar-refractivity contribution is 0.0506. The van der Waals surface area contributed by atoms with Crippen LogP contribution in [0, 0.1) is 0 Å². The maximum Gasteiger partial charge on any atom is 0.356 e. The van der Waals surface area contributed by atoms with Crippen molar-refractivity contribution in [1.82, 2.24) is 14.3 Å². The Morgan fingerprint density at radius 2 is 1.19 bits per heavy atom. The highest BCUT2D eigenvalue weighted by Crippen LogP contribution is 2.23. The minimum absolute atomic E-state index is 0.186. The van der Waals surface area contributed by atoms with Crippen LogP contribution in [0.3, 0.4) is 0 Å². The van der Waals surface area contributed by atoms with Crippen LogP contribution in [0.1, 0.15) is 55.7 Å². The number of nitrogens with one attached hydrogen (secondary N) is 3. The van der Waals surface area contributed by atoms with E-state index in [9.17, 15) is 19.2 Å². The van der Waals surface area contributed by atoms with Crippen molar-refractivity contribution in [2.24, 2.45) is 0 Å². The van der Waals surface area contributed by atoms with E-state index in [-0.39, 0.29) is 30.3 Å². The number of nitrogens with zero attached hydrogens (tertiary/aromatic N) is 2. The first-order chi connectivity index (χ1) is 20.9. The van der Waals surface area contributed by atoms with Gasteiger partial charge in [-0.15, -0.1) is 0 Å². The second kappa shape index (κ2) is 11.2. The molecular weight excluding hydrogens is 550 g/mol. The predicted molar refractivity (Wildman–Crippen MR) is 161 cm³/mol. The Balaban J connectivity index is 1.28. The number of para-hydroxylation sites is 2. The van der Waals surface area contributed by atoms with Crippen molar-refractivity contribution in [2.75, 3.05) is 24.1 Å². The van der Waals surface area contributed by atoms with Crippen LogP contribution in [0.4, 0.5) is 0 Å². The van der Waals surface area contributed by atoms with Crippen molar-refractivity contribution < 1.29 is 28.7 Å². The zero-order chi connectivity index (χ0) is 30.1. The molecule has 0 bridgehead atoms. The third kappa shape index (κ3) is 5.08. The summed E-state index contributed by atoms with van der Waals surface area (Å²) in [7, 11) is 0. The number of fused-ring (bicyclic) bond motifs is 3. The van der Waals surface area contributed by atoms with Gasteiger partial charge in [-0.05, 0) is 62.4 Å². The van der Waals surface area contributed by atoms with Gasteiger partial charge < -0.3 is 14.5 Å². The molecule has 11 heteroatoms. The van der Waals surface area contributed by atoms with Crippen LogP contribution in [-0.2, 0) is 9.47 Å². The summed E-state index contributed by atoms with van der Waals surface area (Å²) in [6, 6.07) is 24.4. The molecule has 0 atom stereocenters. The van der Waals surface area contributed by atoms with Crippen LogP contribution >= 0.6 is 0 Å². The van der Waals surface area contributed by atoms with Crippen molar-refractivity contribution in [3.8, 4) is 0 Å². The first kappa shape index (κ1) is 27.3. The van der Waals surface area contributed by atoms with Gasteiger partial charge in [0.05, 0.1) is 24.2 Å². The fraction of sp³-hybridized carbons (Fsp3) is 0.125. The molecular formula is C32H27N5O6. The van der Waals surface area contributed by atoms with Gasteiger partial charge >= 0.3 is 11.9 Å². The lowest BCUT2D eigenvalue weighted by atomic mass is 10.1. The van der Waals surface area contributed by atoms with E-state index in [2.05, 4.69) is 15.8 Å². The summed E-state index contributed by atoms with van der Waals surface area (Å²) in [5.74, 6) is -2.07. The molecule has 0 fully saturated rings. The Labute approximate surface area is 244 Å². The number of benzene rings is 3. The molecule has 0 aliphatic rings. The molecule has 216 valence electrons. The van der Waals surface area contributed by atoms with Crippen LogP contribution in [0.5, 0.6) is 0 Å². The molecule has 0 saturated heterocycles. The Bertz CT molecular complexity index is 1940. The minimum Gasteiger partial charge on any atom is -0.461 e. The first-order valence-corrected chi connectivity index (χ1v) is 13.7. The fourth-order valence-electron chi connectivity index (χ4n) is 4.99. The average molecular weight is 578 g/mol. The summed E-state index contributed by atoms with van der Waals surface area (Å²) in [5, 5.41) is 2.15. The fourth-order valence-corrected chi connectivity index (χ4v) is 4.99. The zero-order valence-corrected chi connectivity index (χ0v) is 23.3. The number of rotatable bonds is 8. The summed E-state index contributed by atoms with van der Waals surface area (Å²) in [4.78, 5) is 54.9. The standard InChI is InChI=1S/C32H27N5O6/c1-3-42-31(40)27-17-19-9-5-7-11-25(19)36(27)34-29(38)21-13-14-23-22(15-21)16-24(33-23)30(39)35-37-26-12-8-6-10-20(26)18-28(37)32(41)43-4-2/h5-18,33H,3-4H2,1-2H3,(H,34,38)(H,35,39). The molecule has 6 rings (SSSR count). The molecule has 0 unspecified atom stereocenters. The number of hydrogen-bond donors (Lipinski definition) is 3. The lowest BCUT2D eigenvalue weighted by Gasteiger charge is -2.12. The number of H-pyrrole nitrogens is 1. The van der Waals surface area contributed by atoms with E-state index in [4.69, 9.17) is 9.47 Å². The summed E-state index contributed by atoms with van der Waals surface area (Å²) in [5.41, 5.74) is 8.39. The normalized spacial score (nSPS) is 11.1. The van der Waals surface area contributed by atoms with Gasteiger partial charge in [0.25, 0.3) is 11.8 Å². The minimum atomic E-state index is -0.562. The number of aromatic nitrogens is 3. The quantitative estimate of drug-likeness (QED) is 0.213. The van der Waals surface area contributed by atoms with Gasteiger partial charge in [-0.25, -0.2) is 18.9 Å². The van der Waals surface area contributed by atoms with E-state index in [1.165, 1.54) is 9.35 Å². The highest BCUT2D eigenvalue weighted by Gasteiger charge is 2.21. The lowest BCUT2D eigenvalue weighted by Crippen LogP contribution is -2.26. The molecule has 43 heavy (non-hydrogen) atoms. The maximum atomic E-state index is 13.3. The number of aromatic amines is 1. The smallest absolute Gasteiger partial charge is 0.356 e. The van der Waals surface area contributed by atoms with E-state index in [1.54, 1.807) is 62.4 Å². The van der Waals surface area contributed by atoms with E-state index in [0.29, 0.717) is 27.5 Å². The Kier molecular flexibility index (Phi) is 7.12. The van der Waals surface area contributed by atoms with Crippen LogP contribution in [0.25, 0.3) is 32.7 Å². The summed E-state index contributed by atoms with van der Waals surface area (Å²) >= 11 is 0. The molecule has 3 aromatic heterocycles. The van der Waals surface area contributed by atoms with Crippen molar-refractivity contribution in [3.63, 3.8) is 0 Å². The van der Waals surface area contributed by atoms with Crippen molar-refractivity contribution in [1.29, 1.82) is 0 Å². The third-order valence-electron chi connectivity index (χ3n) is 6.94. The molecule has 0 aliphatic carbocycles. The number of carbonyl (C=O) groups is 4. The number of ether oxygens (including phenoxy) is 2. The second-order valence-electron chi connectivity index (χ2n) is 9.66. The molecule has 3 N–H and O–H groups in total. The summed E-state index contributed by atoms with van der Waals surface area (Å²) in [6.07, 6.45) is 0. The van der Waals surface area contributed by atoms with E-state index >= 15 is 0 Å². The van der Waals surface area contributed by atoms with Crippen LogP contribution in [0.15, 0.2) is 84.9 Å². The third-order valence-corrected chi connectivity index (χ3v) is 6.94. The maximum absolute atomic E-state index is 13.3. The molecule has 11 nitrogen and oxygen atoms in total. The van der Waals surface area contributed by atoms with Crippen molar-refractivity contribution >= 4 is 56.5 Å². The summed E-state index contributed by atoms with van der Waals surface area (Å²) < 4.78 is 13.2. The topological polar surface area (TPSA) is 136 Å². The number of hydrogen-bond acceptors (Lipinski definition) is 6. The highest BCUT2D eigenvalue weighted by molar-refractivity contribution is 6.08. The van der Waals surface area contributed by atoms with E-state index in [1.807, 2.05) is 36.4 Å². The molecule has 3 aromatic carbocycles.